The topological polar surface area (TPSA) is 88.6 Å². The second-order valence-corrected chi connectivity index (χ2v) is 6.26. The van der Waals surface area contributed by atoms with Crippen LogP contribution in [0, 0.1) is 0 Å². The Hall–Kier alpha value is -3.81. The van der Waals surface area contributed by atoms with E-state index in [1.807, 2.05) is 30.3 Å². The van der Waals surface area contributed by atoms with Gasteiger partial charge in [0.25, 0.3) is 5.56 Å². The third-order valence-electron chi connectivity index (χ3n) is 4.58. The molecule has 8 heteroatoms. The molecule has 0 bridgehead atoms. The Balaban J connectivity index is 1.75. The number of hydrogen-bond donors (Lipinski definition) is 0. The van der Waals surface area contributed by atoms with Gasteiger partial charge in [-0.15, -0.1) is 0 Å². The minimum atomic E-state index is -0.257. The van der Waals surface area contributed by atoms with Crippen molar-refractivity contribution in [2.24, 2.45) is 0 Å². The average Bonchev–Trinajstić information content (AvgIpc) is 3.23. The largest absolute Gasteiger partial charge is 0.493 e. The number of hydrogen-bond acceptors (Lipinski definition) is 7. The third-order valence-corrected chi connectivity index (χ3v) is 4.58. The van der Waals surface area contributed by atoms with Gasteiger partial charge in [0, 0.05) is 11.6 Å². The zero-order valence-corrected chi connectivity index (χ0v) is 16.2. The van der Waals surface area contributed by atoms with Crippen LogP contribution < -0.4 is 19.8 Å². The normalized spacial score (nSPS) is 10.9. The van der Waals surface area contributed by atoms with Gasteiger partial charge in [0.2, 0.25) is 5.75 Å². The highest BCUT2D eigenvalue weighted by molar-refractivity contribution is 5.89. The monoisotopic (exact) mass is 393 g/mol. The molecule has 0 amide bonds. The smallest absolute Gasteiger partial charge is 0.261 e. The minimum absolute atomic E-state index is 0.193. The Labute approximate surface area is 166 Å². The molecule has 2 aromatic heterocycles. The summed E-state index contributed by atoms with van der Waals surface area (Å²) in [6, 6.07) is 13.1. The molecule has 0 unspecified atom stereocenters. The summed E-state index contributed by atoms with van der Waals surface area (Å²) in [7, 11) is 4.49. The van der Waals surface area contributed by atoms with E-state index >= 15 is 0 Å². The van der Waals surface area contributed by atoms with E-state index in [9.17, 15) is 4.79 Å². The fraction of sp³-hybridized carbons (Fsp3) is 0.190. The molecule has 2 heterocycles. The summed E-state index contributed by atoms with van der Waals surface area (Å²) in [4.78, 5) is 17.5. The summed E-state index contributed by atoms with van der Waals surface area (Å²) in [6.07, 6.45) is 1.45. The van der Waals surface area contributed by atoms with Crippen LogP contribution in [0.1, 0.15) is 5.76 Å². The Morgan fingerprint density at radius 2 is 1.76 bits per heavy atom. The highest BCUT2D eigenvalue weighted by Gasteiger charge is 2.20. The van der Waals surface area contributed by atoms with Crippen LogP contribution >= 0.6 is 0 Å². The highest BCUT2D eigenvalue weighted by atomic mass is 16.5. The van der Waals surface area contributed by atoms with Crippen molar-refractivity contribution in [2.45, 2.75) is 6.54 Å². The van der Waals surface area contributed by atoms with Crippen molar-refractivity contribution in [3.63, 3.8) is 0 Å². The van der Waals surface area contributed by atoms with Crippen LogP contribution in [0.2, 0.25) is 0 Å². The summed E-state index contributed by atoms with van der Waals surface area (Å²) in [5.41, 5.74) is 1.78. The van der Waals surface area contributed by atoms with Crippen LogP contribution in [0.5, 0.6) is 17.2 Å². The number of methoxy groups -OCH3 is 3. The molecule has 8 nitrogen and oxygen atoms in total. The van der Waals surface area contributed by atoms with Crippen molar-refractivity contribution in [1.29, 1.82) is 0 Å². The lowest BCUT2D eigenvalue weighted by Gasteiger charge is -2.14. The van der Waals surface area contributed by atoms with E-state index < -0.39 is 0 Å². The van der Waals surface area contributed by atoms with Gasteiger partial charge in [-0.05, 0) is 6.07 Å². The molecule has 0 saturated carbocycles. The first kappa shape index (κ1) is 18.5. The molecular weight excluding hydrogens is 374 g/mol. The zero-order chi connectivity index (χ0) is 20.4. The standard InChI is InChI=1S/C21H19N3O5/c1-26-17-10-15-18(20(28-3)19(17)27-2)22-12-24(21(15)25)11-14-9-16(23-29-14)13-7-5-4-6-8-13/h4-10,12H,11H2,1-3H3. The van der Waals surface area contributed by atoms with Gasteiger partial charge in [-0.3, -0.25) is 9.36 Å². The summed E-state index contributed by atoms with van der Waals surface area (Å²) in [5.74, 6) is 1.66. The maximum atomic E-state index is 13.1. The second kappa shape index (κ2) is 7.67. The lowest BCUT2D eigenvalue weighted by Crippen LogP contribution is -2.21. The summed E-state index contributed by atoms with van der Waals surface area (Å²) in [5, 5.41) is 4.44. The molecule has 148 valence electrons. The lowest BCUT2D eigenvalue weighted by molar-refractivity contribution is 0.326. The van der Waals surface area contributed by atoms with Gasteiger partial charge in [-0.25, -0.2) is 4.98 Å². The van der Waals surface area contributed by atoms with Gasteiger partial charge >= 0.3 is 0 Å². The van der Waals surface area contributed by atoms with E-state index in [1.54, 1.807) is 12.1 Å². The van der Waals surface area contributed by atoms with E-state index in [0.717, 1.165) is 5.56 Å². The van der Waals surface area contributed by atoms with E-state index in [-0.39, 0.29) is 12.1 Å². The number of benzene rings is 2. The molecule has 0 N–H and O–H groups in total. The van der Waals surface area contributed by atoms with Crippen LogP contribution in [0.4, 0.5) is 0 Å². The van der Waals surface area contributed by atoms with E-state index in [4.69, 9.17) is 18.7 Å². The van der Waals surface area contributed by atoms with Gasteiger partial charge in [0.05, 0.1) is 39.6 Å². The van der Waals surface area contributed by atoms with Gasteiger partial charge in [0.1, 0.15) is 11.2 Å². The molecule has 0 aliphatic carbocycles. The van der Waals surface area contributed by atoms with Gasteiger partial charge in [-0.2, -0.15) is 0 Å². The fourth-order valence-corrected chi connectivity index (χ4v) is 3.18. The summed E-state index contributed by atoms with van der Waals surface area (Å²) in [6.45, 7) is 0.193. The predicted molar refractivity (Wildman–Crippen MR) is 107 cm³/mol. The van der Waals surface area contributed by atoms with E-state index in [0.29, 0.717) is 39.6 Å². The summed E-state index contributed by atoms with van der Waals surface area (Å²) < 4.78 is 23.0. The molecule has 4 aromatic rings. The van der Waals surface area contributed by atoms with Crippen molar-refractivity contribution >= 4 is 10.9 Å². The third kappa shape index (κ3) is 3.29. The highest BCUT2D eigenvalue weighted by Crippen LogP contribution is 2.41. The van der Waals surface area contributed by atoms with Crippen LogP contribution in [0.25, 0.3) is 22.2 Å². The predicted octanol–water partition coefficient (Wildman–Crippen LogP) is 3.13. The van der Waals surface area contributed by atoms with Crippen molar-refractivity contribution in [3.8, 4) is 28.5 Å². The Kier molecular flexibility index (Phi) is 4.90. The van der Waals surface area contributed by atoms with Crippen molar-refractivity contribution < 1.29 is 18.7 Å². The van der Waals surface area contributed by atoms with Crippen molar-refractivity contribution in [1.82, 2.24) is 14.7 Å². The molecule has 0 fully saturated rings. The van der Waals surface area contributed by atoms with Crippen LogP contribution in [0.15, 0.2) is 58.1 Å². The zero-order valence-electron chi connectivity index (χ0n) is 16.2. The van der Waals surface area contributed by atoms with E-state index in [2.05, 4.69) is 10.1 Å². The first-order valence-corrected chi connectivity index (χ1v) is 8.85. The molecule has 0 aliphatic heterocycles. The van der Waals surface area contributed by atoms with Gasteiger partial charge in [-0.1, -0.05) is 35.5 Å². The number of ether oxygens (including phenoxy) is 3. The first-order valence-electron chi connectivity index (χ1n) is 8.85. The molecule has 4 rings (SSSR count). The number of nitrogens with zero attached hydrogens (tertiary/aromatic N) is 3. The molecule has 29 heavy (non-hydrogen) atoms. The van der Waals surface area contributed by atoms with Crippen LogP contribution in [-0.4, -0.2) is 36.0 Å². The lowest BCUT2D eigenvalue weighted by atomic mass is 10.1. The number of rotatable bonds is 6. The van der Waals surface area contributed by atoms with Crippen LogP contribution in [0.3, 0.4) is 0 Å². The maximum absolute atomic E-state index is 13.1. The van der Waals surface area contributed by atoms with Crippen molar-refractivity contribution in [2.75, 3.05) is 21.3 Å². The van der Waals surface area contributed by atoms with Crippen molar-refractivity contribution in [3.05, 3.63) is 64.9 Å². The molecule has 0 aliphatic rings. The number of aromatic nitrogens is 3. The average molecular weight is 393 g/mol. The quantitative estimate of drug-likeness (QED) is 0.497. The molecule has 0 radical (unpaired) electrons. The Morgan fingerprint density at radius 3 is 2.45 bits per heavy atom. The molecular formula is C21H19N3O5. The Morgan fingerprint density at radius 1 is 1.00 bits per heavy atom. The molecule has 0 spiro atoms. The molecule has 0 saturated heterocycles. The second-order valence-electron chi connectivity index (χ2n) is 6.26. The van der Waals surface area contributed by atoms with Gasteiger partial charge in [0.15, 0.2) is 17.3 Å². The molecule has 2 aromatic carbocycles. The summed E-state index contributed by atoms with van der Waals surface area (Å²) >= 11 is 0. The van der Waals surface area contributed by atoms with Crippen LogP contribution in [-0.2, 0) is 6.54 Å². The van der Waals surface area contributed by atoms with E-state index in [1.165, 1.54) is 32.2 Å². The number of fused-ring (bicyclic) bond motifs is 1. The maximum Gasteiger partial charge on any atom is 0.261 e. The molecule has 0 atom stereocenters. The minimum Gasteiger partial charge on any atom is -0.493 e. The first-order chi connectivity index (χ1) is 14.2. The fourth-order valence-electron chi connectivity index (χ4n) is 3.18. The SMILES string of the molecule is COc1cc2c(=O)n(Cc3cc(-c4ccccc4)no3)cnc2c(OC)c1OC. The van der Waals surface area contributed by atoms with Gasteiger partial charge < -0.3 is 18.7 Å². The Bertz CT molecular complexity index is 1210.